The lowest BCUT2D eigenvalue weighted by Crippen LogP contribution is -2.44. The predicted molar refractivity (Wildman–Crippen MR) is 107 cm³/mol. The number of fused-ring (bicyclic) bond motifs is 3. The second-order valence-corrected chi connectivity index (χ2v) is 9.06. The summed E-state index contributed by atoms with van der Waals surface area (Å²) >= 11 is 3.37. The normalized spacial score (nSPS) is 13.4. The van der Waals surface area contributed by atoms with Crippen molar-refractivity contribution in [3.63, 3.8) is 0 Å². The summed E-state index contributed by atoms with van der Waals surface area (Å²) in [6.45, 7) is 3.47. The van der Waals surface area contributed by atoms with E-state index in [1.54, 1.807) is 32.0 Å². The lowest BCUT2D eigenvalue weighted by molar-refractivity contribution is -0.143. The van der Waals surface area contributed by atoms with E-state index < -0.39 is 22.0 Å². The summed E-state index contributed by atoms with van der Waals surface area (Å²) in [6, 6.07) is 7.01. The van der Waals surface area contributed by atoms with Gasteiger partial charge in [0, 0.05) is 27.0 Å². The first-order valence-electron chi connectivity index (χ1n) is 8.15. The van der Waals surface area contributed by atoms with Gasteiger partial charge in [0.1, 0.15) is 17.2 Å². The Balaban J connectivity index is 2.09. The molecule has 0 aliphatic heterocycles. The first-order valence-corrected chi connectivity index (χ1v) is 10.4. The van der Waals surface area contributed by atoms with Gasteiger partial charge in [-0.25, -0.2) is 8.42 Å². The Kier molecular flexibility index (Phi) is 5.20. The number of anilines is 1. The van der Waals surface area contributed by atoms with Crippen LogP contribution in [0.4, 0.5) is 5.69 Å². The molecule has 0 fully saturated rings. The van der Waals surface area contributed by atoms with Gasteiger partial charge in [0.05, 0.1) is 12.0 Å². The van der Waals surface area contributed by atoms with E-state index in [9.17, 15) is 13.2 Å². The summed E-state index contributed by atoms with van der Waals surface area (Å²) in [6.07, 6.45) is 0. The smallest absolute Gasteiger partial charge is 0.324 e. The third-order valence-corrected chi connectivity index (χ3v) is 6.40. The molecule has 144 valence electrons. The zero-order valence-electron chi connectivity index (χ0n) is 14.9. The maximum atomic E-state index is 12.8. The SMILES string of the molecule is COC(=O)[C@@H](NS(=O)(=O)c1ccc2oc3cc(N)c(Br)cc3c2c1)C(C)C. The van der Waals surface area contributed by atoms with Crippen LogP contribution >= 0.6 is 15.9 Å². The van der Waals surface area contributed by atoms with E-state index in [0.717, 1.165) is 5.39 Å². The van der Waals surface area contributed by atoms with Crippen LogP contribution in [0.15, 0.2) is 44.1 Å². The highest BCUT2D eigenvalue weighted by Crippen LogP contribution is 2.35. The van der Waals surface area contributed by atoms with Crippen LogP contribution in [0.3, 0.4) is 0 Å². The van der Waals surface area contributed by atoms with E-state index in [-0.39, 0.29) is 10.8 Å². The summed E-state index contributed by atoms with van der Waals surface area (Å²) in [5, 5.41) is 1.37. The number of nitrogens with two attached hydrogens (primary N) is 1. The number of rotatable bonds is 5. The van der Waals surface area contributed by atoms with E-state index in [1.807, 2.05) is 0 Å². The number of esters is 1. The number of furan rings is 1. The number of benzene rings is 2. The highest BCUT2D eigenvalue weighted by molar-refractivity contribution is 9.10. The van der Waals surface area contributed by atoms with Gasteiger partial charge in [-0.3, -0.25) is 4.79 Å². The lowest BCUT2D eigenvalue weighted by Gasteiger charge is -2.19. The van der Waals surface area contributed by atoms with Crippen LogP contribution in [0.5, 0.6) is 0 Å². The molecule has 0 spiro atoms. The predicted octanol–water partition coefficient (Wildman–Crippen LogP) is 3.41. The Hall–Kier alpha value is -2.10. The minimum atomic E-state index is -3.94. The number of ether oxygens (including phenoxy) is 1. The molecule has 0 saturated carbocycles. The first-order chi connectivity index (χ1) is 12.6. The zero-order chi connectivity index (χ0) is 19.9. The average Bonchev–Trinajstić information content (AvgIpc) is 2.96. The highest BCUT2D eigenvalue weighted by atomic mass is 79.9. The summed E-state index contributed by atoms with van der Waals surface area (Å²) in [4.78, 5) is 11.9. The molecule has 1 heterocycles. The number of carbonyl (C=O) groups is 1. The molecule has 0 aliphatic carbocycles. The van der Waals surface area contributed by atoms with Crippen molar-refractivity contribution >= 4 is 59.5 Å². The molecular weight excluding hydrogens is 436 g/mol. The quantitative estimate of drug-likeness (QED) is 0.451. The first kappa shape index (κ1) is 19.7. The molecule has 3 N–H and O–H groups in total. The van der Waals surface area contributed by atoms with Crippen LogP contribution in [-0.2, 0) is 19.6 Å². The number of hydrogen-bond acceptors (Lipinski definition) is 6. The molecule has 2 aromatic carbocycles. The maximum Gasteiger partial charge on any atom is 0.324 e. The van der Waals surface area contributed by atoms with Gasteiger partial charge in [0.25, 0.3) is 0 Å². The number of halogens is 1. The van der Waals surface area contributed by atoms with Gasteiger partial charge in [-0.1, -0.05) is 13.8 Å². The maximum absolute atomic E-state index is 12.8. The van der Waals surface area contributed by atoms with Crippen molar-refractivity contribution < 1.29 is 22.4 Å². The van der Waals surface area contributed by atoms with Gasteiger partial charge >= 0.3 is 5.97 Å². The Bertz CT molecular complexity index is 1140. The standard InChI is InChI=1S/C18H19BrN2O5S/c1-9(2)17(18(22)25-3)21-27(23,24)10-4-5-15-11(6-10)12-7-13(19)14(20)8-16(12)26-15/h4-9,17,21H,20H2,1-3H3/t17-/m0/s1. The van der Waals surface area contributed by atoms with Crippen LogP contribution in [0.1, 0.15) is 13.8 Å². The van der Waals surface area contributed by atoms with Crippen molar-refractivity contribution in [3.05, 3.63) is 34.8 Å². The van der Waals surface area contributed by atoms with E-state index in [4.69, 9.17) is 14.9 Å². The highest BCUT2D eigenvalue weighted by Gasteiger charge is 2.29. The second-order valence-electron chi connectivity index (χ2n) is 6.50. The average molecular weight is 455 g/mol. The van der Waals surface area contributed by atoms with Crippen molar-refractivity contribution in [3.8, 4) is 0 Å². The third-order valence-electron chi connectivity index (χ3n) is 4.27. The van der Waals surface area contributed by atoms with Gasteiger partial charge in [-0.2, -0.15) is 4.72 Å². The van der Waals surface area contributed by atoms with Crippen LogP contribution in [0, 0.1) is 5.92 Å². The Morgan fingerprint density at radius 1 is 1.19 bits per heavy atom. The minimum absolute atomic E-state index is 0.0280. The van der Waals surface area contributed by atoms with Crippen LogP contribution < -0.4 is 10.5 Å². The molecule has 1 aromatic heterocycles. The molecule has 0 saturated heterocycles. The molecule has 0 bridgehead atoms. The zero-order valence-corrected chi connectivity index (χ0v) is 17.3. The van der Waals surface area contributed by atoms with Gasteiger partial charge < -0.3 is 14.9 Å². The number of carbonyl (C=O) groups excluding carboxylic acids is 1. The minimum Gasteiger partial charge on any atom is -0.468 e. The molecule has 3 aromatic rings. The molecule has 7 nitrogen and oxygen atoms in total. The molecule has 0 amide bonds. The van der Waals surface area contributed by atoms with Crippen molar-refractivity contribution in [2.75, 3.05) is 12.8 Å². The van der Waals surface area contributed by atoms with Crippen LogP contribution in [-0.4, -0.2) is 27.5 Å². The van der Waals surface area contributed by atoms with E-state index in [0.29, 0.717) is 26.7 Å². The van der Waals surface area contributed by atoms with Gasteiger partial charge in [0.15, 0.2) is 0 Å². The summed E-state index contributed by atoms with van der Waals surface area (Å²) in [7, 11) is -2.72. The summed E-state index contributed by atoms with van der Waals surface area (Å²) < 4.78 is 39.2. The van der Waals surface area contributed by atoms with Gasteiger partial charge in [-0.05, 0) is 46.1 Å². The fraction of sp³-hybridized carbons (Fsp3) is 0.278. The molecule has 0 unspecified atom stereocenters. The molecular formula is C18H19BrN2O5S. The van der Waals surface area contributed by atoms with Crippen molar-refractivity contribution in [1.29, 1.82) is 0 Å². The Morgan fingerprint density at radius 3 is 2.48 bits per heavy atom. The molecule has 0 radical (unpaired) electrons. The monoisotopic (exact) mass is 454 g/mol. The molecule has 0 aliphatic rings. The second kappa shape index (κ2) is 7.14. The molecule has 3 rings (SSSR count). The van der Waals surface area contributed by atoms with Crippen LogP contribution in [0.2, 0.25) is 0 Å². The fourth-order valence-electron chi connectivity index (χ4n) is 2.78. The van der Waals surface area contributed by atoms with Gasteiger partial charge in [-0.15, -0.1) is 0 Å². The number of methoxy groups -OCH3 is 1. The molecule has 27 heavy (non-hydrogen) atoms. The summed E-state index contributed by atoms with van der Waals surface area (Å²) in [5.74, 6) is -0.910. The van der Waals surface area contributed by atoms with Crippen molar-refractivity contribution in [2.45, 2.75) is 24.8 Å². The topological polar surface area (TPSA) is 112 Å². The van der Waals surface area contributed by atoms with Crippen molar-refractivity contribution in [1.82, 2.24) is 4.72 Å². The fourth-order valence-corrected chi connectivity index (χ4v) is 4.48. The van der Waals surface area contributed by atoms with Crippen LogP contribution in [0.25, 0.3) is 21.9 Å². The number of nitrogen functional groups attached to an aromatic ring is 1. The largest absolute Gasteiger partial charge is 0.468 e. The Labute approximate surface area is 165 Å². The van der Waals surface area contributed by atoms with Crippen molar-refractivity contribution in [2.24, 2.45) is 5.92 Å². The van der Waals surface area contributed by atoms with E-state index >= 15 is 0 Å². The van der Waals surface area contributed by atoms with Gasteiger partial charge in [0.2, 0.25) is 10.0 Å². The number of sulfonamides is 1. The van der Waals surface area contributed by atoms with E-state index in [1.165, 1.54) is 19.2 Å². The number of hydrogen-bond donors (Lipinski definition) is 2. The summed E-state index contributed by atoms with van der Waals surface area (Å²) in [5.41, 5.74) is 7.49. The number of nitrogens with one attached hydrogen (secondary N) is 1. The molecule has 1 atom stereocenters. The lowest BCUT2D eigenvalue weighted by atomic mass is 10.1. The third kappa shape index (κ3) is 3.67. The Morgan fingerprint density at radius 2 is 1.85 bits per heavy atom. The molecule has 9 heteroatoms. The van der Waals surface area contributed by atoms with E-state index in [2.05, 4.69) is 20.7 Å².